The Morgan fingerprint density at radius 1 is 1.38 bits per heavy atom. The third-order valence-corrected chi connectivity index (χ3v) is 2.29. The van der Waals surface area contributed by atoms with Crippen molar-refractivity contribution in [2.45, 2.75) is 6.04 Å². The molecule has 0 unspecified atom stereocenters. The molecule has 0 aliphatic carbocycles. The lowest BCUT2D eigenvalue weighted by molar-refractivity contribution is 0.620. The van der Waals surface area contributed by atoms with Crippen LogP contribution in [0.1, 0.15) is 11.6 Å². The number of nitrogens with two attached hydrogens (primary N) is 2. The van der Waals surface area contributed by atoms with Crippen LogP contribution in [-0.2, 0) is 0 Å². The summed E-state index contributed by atoms with van der Waals surface area (Å²) >= 11 is 11.3. The monoisotopic (exact) mass is 222 g/mol. The molecule has 1 aromatic rings. The van der Waals surface area contributed by atoms with Gasteiger partial charge in [-0.05, 0) is 17.7 Å². The summed E-state index contributed by atoms with van der Waals surface area (Å²) in [5, 5.41) is 0.253. The Morgan fingerprint density at radius 2 is 2.00 bits per heavy atom. The number of benzene rings is 1. The van der Waals surface area contributed by atoms with Crippen LogP contribution in [0.15, 0.2) is 12.1 Å². The van der Waals surface area contributed by atoms with Crippen molar-refractivity contribution in [3.63, 3.8) is 0 Å². The van der Waals surface area contributed by atoms with Crippen LogP contribution >= 0.6 is 23.2 Å². The molecule has 0 spiro atoms. The van der Waals surface area contributed by atoms with Gasteiger partial charge in [-0.15, -0.1) is 0 Å². The van der Waals surface area contributed by atoms with Gasteiger partial charge < -0.3 is 11.5 Å². The molecule has 0 aliphatic rings. The van der Waals surface area contributed by atoms with Gasteiger partial charge in [0.05, 0.1) is 5.02 Å². The lowest BCUT2D eigenvalue weighted by Gasteiger charge is -2.11. The first-order valence-corrected chi connectivity index (χ1v) is 4.42. The van der Waals surface area contributed by atoms with Crippen molar-refractivity contribution in [3.05, 3.63) is 33.6 Å². The number of hydrogen-bond donors (Lipinski definition) is 2. The van der Waals surface area contributed by atoms with Crippen LogP contribution in [0.3, 0.4) is 0 Å². The molecule has 72 valence electrons. The maximum atomic E-state index is 13.0. The van der Waals surface area contributed by atoms with Gasteiger partial charge in [0, 0.05) is 17.6 Å². The fourth-order valence-corrected chi connectivity index (χ4v) is 1.44. The summed E-state index contributed by atoms with van der Waals surface area (Å²) in [5.41, 5.74) is 11.4. The first-order chi connectivity index (χ1) is 6.06. The summed E-state index contributed by atoms with van der Waals surface area (Å²) in [4.78, 5) is 0. The van der Waals surface area contributed by atoms with Gasteiger partial charge in [0.1, 0.15) is 5.82 Å². The van der Waals surface area contributed by atoms with Crippen molar-refractivity contribution in [2.75, 3.05) is 6.54 Å². The Labute approximate surface area is 85.6 Å². The fraction of sp³-hybridized carbons (Fsp3) is 0.250. The normalized spacial score (nSPS) is 13.0. The fourth-order valence-electron chi connectivity index (χ4n) is 0.973. The molecule has 13 heavy (non-hydrogen) atoms. The van der Waals surface area contributed by atoms with Crippen molar-refractivity contribution in [2.24, 2.45) is 11.5 Å². The smallest absolute Gasteiger partial charge is 0.143 e. The highest BCUT2D eigenvalue weighted by Gasteiger charge is 2.13. The van der Waals surface area contributed by atoms with E-state index < -0.39 is 11.9 Å². The number of halogens is 3. The van der Waals surface area contributed by atoms with Crippen molar-refractivity contribution in [1.29, 1.82) is 0 Å². The minimum atomic E-state index is -0.576. The lowest BCUT2D eigenvalue weighted by Crippen LogP contribution is -2.21. The zero-order valence-electron chi connectivity index (χ0n) is 6.73. The molecule has 0 saturated carbocycles. The predicted octanol–water partition coefficient (Wildman–Crippen LogP) is 2.09. The van der Waals surface area contributed by atoms with E-state index in [2.05, 4.69) is 0 Å². The van der Waals surface area contributed by atoms with E-state index in [0.717, 1.165) is 6.07 Å². The van der Waals surface area contributed by atoms with Crippen molar-refractivity contribution >= 4 is 23.2 Å². The van der Waals surface area contributed by atoms with E-state index in [9.17, 15) is 4.39 Å². The van der Waals surface area contributed by atoms with Gasteiger partial charge in [-0.1, -0.05) is 23.2 Å². The van der Waals surface area contributed by atoms with E-state index in [1.807, 2.05) is 0 Å². The Bertz CT molecular complexity index is 317. The van der Waals surface area contributed by atoms with Crippen LogP contribution in [-0.4, -0.2) is 6.54 Å². The van der Waals surface area contributed by atoms with Crippen LogP contribution in [0.25, 0.3) is 0 Å². The van der Waals surface area contributed by atoms with Crippen LogP contribution in [0.2, 0.25) is 10.0 Å². The summed E-state index contributed by atoms with van der Waals surface area (Å²) in [5.74, 6) is -0.576. The molecule has 2 nitrogen and oxygen atoms in total. The predicted molar refractivity (Wildman–Crippen MR) is 52.4 cm³/mol. The SMILES string of the molecule is NC[C@@H](N)c1cc(Cl)cc(F)c1Cl. The average molecular weight is 223 g/mol. The molecule has 0 saturated heterocycles. The second-order valence-electron chi connectivity index (χ2n) is 2.63. The maximum Gasteiger partial charge on any atom is 0.143 e. The number of hydrogen-bond acceptors (Lipinski definition) is 2. The van der Waals surface area contributed by atoms with Crippen LogP contribution < -0.4 is 11.5 Å². The van der Waals surface area contributed by atoms with Gasteiger partial charge in [0.25, 0.3) is 0 Å². The summed E-state index contributed by atoms with van der Waals surface area (Å²) in [6.45, 7) is 0.194. The Hall–Kier alpha value is -0.350. The highest BCUT2D eigenvalue weighted by molar-refractivity contribution is 6.33. The van der Waals surface area contributed by atoms with Crippen LogP contribution in [0.4, 0.5) is 4.39 Å². The third-order valence-electron chi connectivity index (χ3n) is 1.67. The Balaban J connectivity index is 3.20. The van der Waals surface area contributed by atoms with Crippen LogP contribution in [0.5, 0.6) is 0 Å². The standard InChI is InChI=1S/C8H9Cl2FN2/c9-4-1-5(7(13)3-12)8(10)6(11)2-4/h1-2,7H,3,12-13H2/t7-/m1/s1. The van der Waals surface area contributed by atoms with E-state index in [0.29, 0.717) is 5.56 Å². The molecule has 1 atom stereocenters. The average Bonchev–Trinajstić information content (AvgIpc) is 2.10. The molecule has 0 radical (unpaired) electrons. The molecule has 0 heterocycles. The van der Waals surface area contributed by atoms with Gasteiger partial charge in [-0.3, -0.25) is 0 Å². The van der Waals surface area contributed by atoms with Crippen molar-refractivity contribution in [1.82, 2.24) is 0 Å². The van der Waals surface area contributed by atoms with Gasteiger partial charge >= 0.3 is 0 Å². The molecule has 4 N–H and O–H groups in total. The van der Waals surface area contributed by atoms with Gasteiger partial charge in [0.15, 0.2) is 0 Å². The number of rotatable bonds is 2. The zero-order chi connectivity index (χ0) is 10.0. The summed E-state index contributed by atoms with van der Waals surface area (Å²) in [6, 6.07) is 2.17. The maximum absolute atomic E-state index is 13.0. The van der Waals surface area contributed by atoms with E-state index in [1.54, 1.807) is 0 Å². The van der Waals surface area contributed by atoms with Crippen molar-refractivity contribution < 1.29 is 4.39 Å². The van der Waals surface area contributed by atoms with E-state index in [-0.39, 0.29) is 16.6 Å². The first kappa shape index (κ1) is 10.7. The third kappa shape index (κ3) is 2.31. The summed E-state index contributed by atoms with van der Waals surface area (Å²) < 4.78 is 13.0. The molecule has 1 aromatic carbocycles. The lowest BCUT2D eigenvalue weighted by atomic mass is 10.1. The quantitative estimate of drug-likeness (QED) is 0.754. The molecule has 0 amide bonds. The van der Waals surface area contributed by atoms with Gasteiger partial charge in [-0.2, -0.15) is 0 Å². The minimum Gasteiger partial charge on any atom is -0.329 e. The molecule has 0 aliphatic heterocycles. The molecule has 0 fully saturated rings. The molecular weight excluding hydrogens is 214 g/mol. The highest BCUT2D eigenvalue weighted by atomic mass is 35.5. The first-order valence-electron chi connectivity index (χ1n) is 3.66. The topological polar surface area (TPSA) is 52.0 Å². The second kappa shape index (κ2) is 4.24. The van der Waals surface area contributed by atoms with E-state index in [4.69, 9.17) is 34.7 Å². The summed E-state index contributed by atoms with van der Waals surface area (Å²) in [7, 11) is 0. The second-order valence-corrected chi connectivity index (χ2v) is 3.45. The molecule has 0 bridgehead atoms. The van der Waals surface area contributed by atoms with Gasteiger partial charge in [0.2, 0.25) is 0 Å². The molecule has 1 rings (SSSR count). The Morgan fingerprint density at radius 3 is 2.54 bits per heavy atom. The minimum absolute atomic E-state index is 0.0117. The van der Waals surface area contributed by atoms with E-state index >= 15 is 0 Å². The molecule has 0 aromatic heterocycles. The zero-order valence-corrected chi connectivity index (χ0v) is 8.24. The summed E-state index contributed by atoms with van der Waals surface area (Å²) in [6.07, 6.45) is 0. The Kier molecular flexibility index (Phi) is 3.50. The highest BCUT2D eigenvalue weighted by Crippen LogP contribution is 2.27. The van der Waals surface area contributed by atoms with Crippen molar-refractivity contribution in [3.8, 4) is 0 Å². The molecular formula is C8H9Cl2FN2. The van der Waals surface area contributed by atoms with E-state index in [1.165, 1.54) is 6.07 Å². The van der Waals surface area contributed by atoms with Gasteiger partial charge in [-0.25, -0.2) is 4.39 Å². The van der Waals surface area contributed by atoms with Crippen LogP contribution in [0, 0.1) is 5.82 Å². The largest absolute Gasteiger partial charge is 0.329 e. The molecule has 5 heteroatoms.